The number of benzene rings is 1. The highest BCUT2D eigenvalue weighted by atomic mass is 19.1. The van der Waals surface area contributed by atoms with E-state index in [0.29, 0.717) is 12.5 Å². The summed E-state index contributed by atoms with van der Waals surface area (Å²) in [6, 6.07) is 6.57. The topological polar surface area (TPSA) is 29.9 Å². The Labute approximate surface area is 119 Å². The quantitative estimate of drug-likeness (QED) is 0.867. The van der Waals surface area contributed by atoms with Gasteiger partial charge < -0.3 is 5.32 Å². The van der Waals surface area contributed by atoms with E-state index in [1.54, 1.807) is 12.1 Å². The van der Waals surface area contributed by atoms with Gasteiger partial charge in [0.25, 0.3) is 0 Å². The number of hydrogen-bond donors (Lipinski definition) is 1. The fraction of sp³-hybridized carbons (Fsp3) is 0.438. The first-order valence-corrected chi connectivity index (χ1v) is 7.13. The maximum atomic E-state index is 12.9. The molecular weight excluding hydrogens is 253 g/mol. The molecular formula is C16H22FN3. The zero-order chi connectivity index (χ0) is 14.5. The van der Waals surface area contributed by atoms with Crippen LogP contribution in [-0.2, 0) is 19.5 Å². The van der Waals surface area contributed by atoms with Gasteiger partial charge in [-0.25, -0.2) is 4.39 Å². The van der Waals surface area contributed by atoms with E-state index in [2.05, 4.69) is 35.9 Å². The molecule has 0 saturated heterocycles. The summed E-state index contributed by atoms with van der Waals surface area (Å²) < 4.78 is 14.9. The molecule has 2 rings (SSSR count). The summed E-state index contributed by atoms with van der Waals surface area (Å²) in [7, 11) is 0. The number of hydrogen-bond acceptors (Lipinski definition) is 2. The molecule has 1 aromatic carbocycles. The van der Waals surface area contributed by atoms with Crippen molar-refractivity contribution >= 4 is 5.69 Å². The predicted molar refractivity (Wildman–Crippen MR) is 80.2 cm³/mol. The van der Waals surface area contributed by atoms with E-state index in [1.165, 1.54) is 17.8 Å². The second-order valence-corrected chi connectivity index (χ2v) is 5.41. The molecule has 1 aromatic heterocycles. The van der Waals surface area contributed by atoms with Crippen molar-refractivity contribution in [3.63, 3.8) is 0 Å². The predicted octanol–water partition coefficient (Wildman–Crippen LogP) is 3.85. The van der Waals surface area contributed by atoms with Gasteiger partial charge >= 0.3 is 0 Å². The van der Waals surface area contributed by atoms with Gasteiger partial charge in [-0.3, -0.25) is 4.68 Å². The number of halogens is 1. The van der Waals surface area contributed by atoms with Crippen LogP contribution in [0.2, 0.25) is 0 Å². The summed E-state index contributed by atoms with van der Waals surface area (Å²) in [5, 5.41) is 7.84. The second kappa shape index (κ2) is 6.55. The number of nitrogens with one attached hydrogen (secondary N) is 1. The zero-order valence-corrected chi connectivity index (χ0v) is 12.4. The van der Waals surface area contributed by atoms with Crippen molar-refractivity contribution in [2.24, 2.45) is 5.92 Å². The van der Waals surface area contributed by atoms with Crippen molar-refractivity contribution in [1.82, 2.24) is 9.78 Å². The number of aromatic nitrogens is 2. The molecule has 0 aliphatic rings. The highest BCUT2D eigenvalue weighted by Crippen LogP contribution is 2.18. The van der Waals surface area contributed by atoms with Crippen LogP contribution in [0.4, 0.5) is 10.1 Å². The molecule has 0 fully saturated rings. The van der Waals surface area contributed by atoms with Crippen LogP contribution in [0.25, 0.3) is 0 Å². The third kappa shape index (κ3) is 3.59. The molecule has 0 aliphatic carbocycles. The van der Waals surface area contributed by atoms with E-state index in [4.69, 9.17) is 0 Å². The van der Waals surface area contributed by atoms with Crippen molar-refractivity contribution in [3.8, 4) is 0 Å². The van der Waals surface area contributed by atoms with E-state index >= 15 is 0 Å². The van der Waals surface area contributed by atoms with Gasteiger partial charge in [-0.15, -0.1) is 0 Å². The lowest BCUT2D eigenvalue weighted by Crippen LogP contribution is -2.10. The van der Waals surface area contributed by atoms with Crippen molar-refractivity contribution < 1.29 is 4.39 Å². The van der Waals surface area contributed by atoms with Gasteiger partial charge in [0.2, 0.25) is 0 Å². The van der Waals surface area contributed by atoms with Crippen molar-refractivity contribution in [1.29, 1.82) is 0 Å². The lowest BCUT2D eigenvalue weighted by Gasteiger charge is -2.11. The van der Waals surface area contributed by atoms with Crippen LogP contribution in [-0.4, -0.2) is 9.78 Å². The summed E-state index contributed by atoms with van der Waals surface area (Å²) in [6.45, 7) is 8.12. The van der Waals surface area contributed by atoms with Crippen LogP contribution in [0.5, 0.6) is 0 Å². The molecule has 0 amide bonds. The van der Waals surface area contributed by atoms with Gasteiger partial charge in [0.15, 0.2) is 0 Å². The van der Waals surface area contributed by atoms with Crippen LogP contribution >= 0.6 is 0 Å². The van der Waals surface area contributed by atoms with Gasteiger partial charge in [-0.2, -0.15) is 5.10 Å². The molecule has 0 saturated carbocycles. The highest BCUT2D eigenvalue weighted by Gasteiger charge is 2.09. The van der Waals surface area contributed by atoms with E-state index < -0.39 is 0 Å². The first kappa shape index (κ1) is 14.6. The van der Waals surface area contributed by atoms with E-state index in [1.807, 2.05) is 6.20 Å². The largest absolute Gasteiger partial charge is 0.378 e. The second-order valence-electron chi connectivity index (χ2n) is 5.41. The first-order valence-electron chi connectivity index (χ1n) is 7.13. The number of nitrogens with zero attached hydrogens (tertiary/aromatic N) is 2. The molecule has 2 aromatic rings. The molecule has 3 nitrogen and oxygen atoms in total. The summed E-state index contributed by atoms with van der Waals surface area (Å²) in [5.41, 5.74) is 3.35. The van der Waals surface area contributed by atoms with Gasteiger partial charge in [-0.05, 0) is 30.0 Å². The molecule has 1 heterocycles. The molecule has 0 atom stereocenters. The Bertz CT molecular complexity index is 543. The van der Waals surface area contributed by atoms with E-state index in [-0.39, 0.29) is 5.82 Å². The molecule has 4 heteroatoms. The molecule has 0 aliphatic heterocycles. The Morgan fingerprint density at radius 2 is 1.95 bits per heavy atom. The Balaban J connectivity index is 2.05. The Kier molecular flexibility index (Phi) is 4.77. The summed E-state index contributed by atoms with van der Waals surface area (Å²) in [6.07, 6.45) is 2.82. The SMILES string of the molecule is CCc1c(NCc2ccc(F)cc2)cnn1CC(C)C. The standard InChI is InChI=1S/C16H22FN3/c1-4-16-15(10-19-20(16)11-12(2)3)18-9-13-5-7-14(17)8-6-13/h5-8,10,12,18H,4,9,11H2,1-3H3. The van der Waals surface area contributed by atoms with Crippen LogP contribution in [0, 0.1) is 11.7 Å². The average molecular weight is 275 g/mol. The Hall–Kier alpha value is -1.84. The average Bonchev–Trinajstić information content (AvgIpc) is 2.79. The third-order valence-corrected chi connectivity index (χ3v) is 3.22. The summed E-state index contributed by atoms with van der Waals surface area (Å²) in [4.78, 5) is 0. The molecule has 0 spiro atoms. The highest BCUT2D eigenvalue weighted by molar-refractivity contribution is 5.47. The summed E-state index contributed by atoms with van der Waals surface area (Å²) in [5.74, 6) is 0.373. The fourth-order valence-corrected chi connectivity index (χ4v) is 2.23. The third-order valence-electron chi connectivity index (χ3n) is 3.22. The molecule has 1 N–H and O–H groups in total. The minimum absolute atomic E-state index is 0.201. The van der Waals surface area contributed by atoms with Crippen LogP contribution in [0.1, 0.15) is 32.0 Å². The lowest BCUT2D eigenvalue weighted by molar-refractivity contribution is 0.470. The van der Waals surface area contributed by atoms with E-state index in [0.717, 1.165) is 24.2 Å². The fourth-order valence-electron chi connectivity index (χ4n) is 2.23. The van der Waals surface area contributed by atoms with Crippen LogP contribution in [0.15, 0.2) is 30.5 Å². The lowest BCUT2D eigenvalue weighted by atomic mass is 10.2. The van der Waals surface area contributed by atoms with Crippen molar-refractivity contribution in [2.75, 3.05) is 5.32 Å². The zero-order valence-electron chi connectivity index (χ0n) is 12.4. The first-order chi connectivity index (χ1) is 9.60. The normalized spacial score (nSPS) is 11.1. The molecule has 0 unspecified atom stereocenters. The van der Waals surface area contributed by atoms with Gasteiger partial charge in [0.05, 0.1) is 17.6 Å². The maximum Gasteiger partial charge on any atom is 0.123 e. The smallest absolute Gasteiger partial charge is 0.123 e. The minimum atomic E-state index is -0.201. The minimum Gasteiger partial charge on any atom is -0.378 e. The summed E-state index contributed by atoms with van der Waals surface area (Å²) >= 11 is 0. The Morgan fingerprint density at radius 1 is 1.25 bits per heavy atom. The van der Waals surface area contributed by atoms with Gasteiger partial charge in [0, 0.05) is 13.1 Å². The van der Waals surface area contributed by atoms with Crippen LogP contribution in [0.3, 0.4) is 0 Å². The number of anilines is 1. The molecule has 0 bridgehead atoms. The monoisotopic (exact) mass is 275 g/mol. The Morgan fingerprint density at radius 3 is 2.55 bits per heavy atom. The number of rotatable bonds is 6. The van der Waals surface area contributed by atoms with Crippen molar-refractivity contribution in [2.45, 2.75) is 40.3 Å². The van der Waals surface area contributed by atoms with E-state index in [9.17, 15) is 4.39 Å². The maximum absolute atomic E-state index is 12.9. The molecule has 0 radical (unpaired) electrons. The van der Waals surface area contributed by atoms with Crippen molar-refractivity contribution in [3.05, 3.63) is 47.5 Å². The molecule has 20 heavy (non-hydrogen) atoms. The van der Waals surface area contributed by atoms with Gasteiger partial charge in [0.1, 0.15) is 5.82 Å². The molecule has 108 valence electrons. The van der Waals surface area contributed by atoms with Gasteiger partial charge in [-0.1, -0.05) is 32.9 Å². The van der Waals surface area contributed by atoms with Crippen LogP contribution < -0.4 is 5.32 Å².